The van der Waals surface area contributed by atoms with E-state index in [1.165, 1.54) is 29.1 Å². The summed E-state index contributed by atoms with van der Waals surface area (Å²) in [6.07, 6.45) is 1.36. The van der Waals surface area contributed by atoms with Crippen molar-refractivity contribution in [3.05, 3.63) is 69.2 Å². The van der Waals surface area contributed by atoms with Gasteiger partial charge in [-0.05, 0) is 43.3 Å². The summed E-state index contributed by atoms with van der Waals surface area (Å²) in [6, 6.07) is 10.8. The van der Waals surface area contributed by atoms with Crippen LogP contribution in [-0.4, -0.2) is 23.2 Å². The second kappa shape index (κ2) is 6.25. The number of benzene rings is 1. The molecule has 0 aliphatic rings. The number of aromatic amines is 1. The van der Waals surface area contributed by atoms with Gasteiger partial charge in [-0.25, -0.2) is 18.1 Å². The van der Waals surface area contributed by atoms with Gasteiger partial charge in [0, 0.05) is 16.2 Å². The molecule has 9 heteroatoms. The van der Waals surface area contributed by atoms with E-state index >= 15 is 0 Å². The van der Waals surface area contributed by atoms with Crippen molar-refractivity contribution in [1.82, 2.24) is 14.8 Å². The molecule has 2 heterocycles. The maximum Gasteiger partial charge on any atom is 0.272 e. The van der Waals surface area contributed by atoms with E-state index in [-0.39, 0.29) is 10.5 Å². The Morgan fingerprint density at radius 2 is 1.88 bits per heavy atom. The van der Waals surface area contributed by atoms with Gasteiger partial charge in [0.05, 0.1) is 16.8 Å². The first-order valence-electron chi connectivity index (χ1n) is 6.89. The number of anilines is 1. The van der Waals surface area contributed by atoms with Crippen molar-refractivity contribution in [3.63, 3.8) is 0 Å². The molecule has 124 valence electrons. The molecule has 2 N–H and O–H groups in total. The molecule has 0 amide bonds. The lowest BCUT2D eigenvalue weighted by atomic mass is 10.4. The maximum atomic E-state index is 12.3. The number of halogens is 1. The first-order valence-corrected chi connectivity index (χ1v) is 9.16. The summed E-state index contributed by atoms with van der Waals surface area (Å²) in [5.41, 5.74) is 0.781. The van der Waals surface area contributed by atoms with Gasteiger partial charge in [-0.1, -0.05) is 15.9 Å². The van der Waals surface area contributed by atoms with Gasteiger partial charge < -0.3 is 0 Å². The Labute approximate surface area is 146 Å². The first kappa shape index (κ1) is 16.5. The summed E-state index contributed by atoms with van der Waals surface area (Å²) in [5.74, 6) is 0.375. The average molecular weight is 409 g/mol. The fourth-order valence-corrected chi connectivity index (χ4v) is 3.40. The van der Waals surface area contributed by atoms with Gasteiger partial charge in [0.2, 0.25) is 0 Å². The summed E-state index contributed by atoms with van der Waals surface area (Å²) >= 11 is 3.26. The SMILES string of the molecule is Cc1cc(=O)n(-c2ccc(NS(=O)(=O)c3ccc(Br)cc3)cn2)[nH]1. The lowest BCUT2D eigenvalue weighted by molar-refractivity contribution is 0.601. The molecule has 3 aromatic rings. The molecule has 24 heavy (non-hydrogen) atoms. The number of aromatic nitrogens is 3. The topological polar surface area (TPSA) is 96.8 Å². The molecule has 0 unspecified atom stereocenters. The van der Waals surface area contributed by atoms with Crippen LogP contribution in [0.25, 0.3) is 5.82 Å². The summed E-state index contributed by atoms with van der Waals surface area (Å²) in [4.78, 5) is 16.0. The number of sulfonamides is 1. The number of aryl methyl sites for hydroxylation is 1. The van der Waals surface area contributed by atoms with Gasteiger partial charge in [0.15, 0.2) is 5.82 Å². The zero-order valence-corrected chi connectivity index (χ0v) is 14.9. The molecule has 3 rings (SSSR count). The van der Waals surface area contributed by atoms with E-state index < -0.39 is 10.0 Å². The highest BCUT2D eigenvalue weighted by Gasteiger charge is 2.14. The zero-order valence-electron chi connectivity index (χ0n) is 12.5. The van der Waals surface area contributed by atoms with Crippen LogP contribution < -0.4 is 10.3 Å². The number of nitrogens with one attached hydrogen (secondary N) is 2. The third kappa shape index (κ3) is 3.41. The predicted octanol–water partition coefficient (Wildman–Crippen LogP) is 2.43. The Kier molecular flexibility index (Phi) is 4.29. The van der Waals surface area contributed by atoms with Crippen LogP contribution >= 0.6 is 15.9 Å². The second-order valence-electron chi connectivity index (χ2n) is 5.08. The molecular formula is C15H13BrN4O3S. The van der Waals surface area contributed by atoms with Crippen LogP contribution in [0.15, 0.2) is 62.8 Å². The minimum absolute atomic E-state index is 0.144. The molecule has 0 spiro atoms. The zero-order chi connectivity index (χ0) is 17.3. The molecular weight excluding hydrogens is 396 g/mol. The van der Waals surface area contributed by atoms with E-state index in [0.29, 0.717) is 17.2 Å². The standard InChI is InChI=1S/C15H13BrN4O3S/c1-10-8-15(21)20(18-10)14-7-4-12(9-17-14)19-24(22,23)13-5-2-11(16)3-6-13/h2-9,18-19H,1H3. The highest BCUT2D eigenvalue weighted by atomic mass is 79.9. The molecule has 0 bridgehead atoms. The molecule has 0 saturated heterocycles. The van der Waals surface area contributed by atoms with Crippen molar-refractivity contribution in [3.8, 4) is 5.82 Å². The van der Waals surface area contributed by atoms with E-state index in [9.17, 15) is 13.2 Å². The van der Waals surface area contributed by atoms with Crippen molar-refractivity contribution in [2.24, 2.45) is 0 Å². The largest absolute Gasteiger partial charge is 0.294 e. The van der Waals surface area contributed by atoms with Crippen molar-refractivity contribution < 1.29 is 8.42 Å². The maximum absolute atomic E-state index is 12.3. The Morgan fingerprint density at radius 3 is 2.42 bits per heavy atom. The van der Waals surface area contributed by atoms with E-state index in [1.807, 2.05) is 0 Å². The molecule has 0 aliphatic heterocycles. The van der Waals surface area contributed by atoms with Gasteiger partial charge in [-0.3, -0.25) is 14.6 Å². The summed E-state index contributed by atoms with van der Waals surface area (Å²) in [5, 5.41) is 2.86. The van der Waals surface area contributed by atoms with E-state index in [1.54, 1.807) is 31.2 Å². The highest BCUT2D eigenvalue weighted by molar-refractivity contribution is 9.10. The lowest BCUT2D eigenvalue weighted by Gasteiger charge is -2.08. The minimum atomic E-state index is -3.70. The Hall–Kier alpha value is -2.39. The van der Waals surface area contributed by atoms with Gasteiger partial charge in [-0.15, -0.1) is 0 Å². The fourth-order valence-electron chi connectivity index (χ4n) is 2.09. The van der Waals surface area contributed by atoms with E-state index in [0.717, 1.165) is 4.47 Å². The molecule has 0 fully saturated rings. The van der Waals surface area contributed by atoms with Gasteiger partial charge in [-0.2, -0.15) is 0 Å². The molecule has 0 radical (unpaired) electrons. The number of hydrogen-bond donors (Lipinski definition) is 2. The smallest absolute Gasteiger partial charge is 0.272 e. The first-order chi connectivity index (χ1) is 11.3. The highest BCUT2D eigenvalue weighted by Crippen LogP contribution is 2.18. The molecule has 7 nitrogen and oxygen atoms in total. The number of rotatable bonds is 4. The average Bonchev–Trinajstić information content (AvgIpc) is 2.87. The minimum Gasteiger partial charge on any atom is -0.294 e. The summed E-state index contributed by atoms with van der Waals surface area (Å²) in [7, 11) is -3.70. The van der Waals surface area contributed by atoms with Gasteiger partial charge in [0.1, 0.15) is 0 Å². The number of pyridine rings is 1. The third-order valence-corrected chi connectivity index (χ3v) is 5.13. The van der Waals surface area contributed by atoms with Crippen molar-refractivity contribution in [2.75, 3.05) is 4.72 Å². The van der Waals surface area contributed by atoms with E-state index in [2.05, 4.69) is 30.7 Å². The molecule has 2 aromatic heterocycles. The number of H-pyrrole nitrogens is 1. The fraction of sp³-hybridized carbons (Fsp3) is 0.0667. The lowest BCUT2D eigenvalue weighted by Crippen LogP contribution is -2.16. The summed E-state index contributed by atoms with van der Waals surface area (Å²) < 4.78 is 29.1. The Bertz CT molecular complexity index is 1020. The third-order valence-electron chi connectivity index (χ3n) is 3.20. The van der Waals surface area contributed by atoms with Crippen molar-refractivity contribution in [1.29, 1.82) is 0 Å². The normalized spacial score (nSPS) is 11.4. The molecule has 0 atom stereocenters. The quantitative estimate of drug-likeness (QED) is 0.692. The van der Waals surface area contributed by atoms with E-state index in [4.69, 9.17) is 0 Å². The summed E-state index contributed by atoms with van der Waals surface area (Å²) in [6.45, 7) is 1.76. The molecule has 1 aromatic carbocycles. The van der Waals surface area contributed by atoms with Gasteiger partial charge >= 0.3 is 0 Å². The van der Waals surface area contributed by atoms with Crippen LogP contribution in [0.5, 0.6) is 0 Å². The van der Waals surface area contributed by atoms with Crippen LogP contribution in [0.2, 0.25) is 0 Å². The number of hydrogen-bond acceptors (Lipinski definition) is 4. The van der Waals surface area contributed by atoms with Crippen molar-refractivity contribution >= 4 is 31.6 Å². The van der Waals surface area contributed by atoms with Crippen LogP contribution in [0.4, 0.5) is 5.69 Å². The van der Waals surface area contributed by atoms with Crippen LogP contribution in [-0.2, 0) is 10.0 Å². The second-order valence-corrected chi connectivity index (χ2v) is 7.68. The molecule has 0 aliphatic carbocycles. The van der Waals surface area contributed by atoms with Crippen LogP contribution in [0, 0.1) is 6.92 Å². The molecule has 0 saturated carbocycles. The van der Waals surface area contributed by atoms with Crippen LogP contribution in [0.3, 0.4) is 0 Å². The van der Waals surface area contributed by atoms with Crippen molar-refractivity contribution in [2.45, 2.75) is 11.8 Å². The Morgan fingerprint density at radius 1 is 1.17 bits per heavy atom. The predicted molar refractivity (Wildman–Crippen MR) is 93.9 cm³/mol. The van der Waals surface area contributed by atoms with Gasteiger partial charge in [0.25, 0.3) is 15.6 Å². The van der Waals surface area contributed by atoms with Crippen LogP contribution in [0.1, 0.15) is 5.69 Å². The number of nitrogens with zero attached hydrogens (tertiary/aromatic N) is 2. The monoisotopic (exact) mass is 408 g/mol. The Balaban J connectivity index is 1.85.